The second-order valence-electron chi connectivity index (χ2n) is 4.35. The molecule has 2 rings (SSSR count). The van der Waals surface area contributed by atoms with Crippen LogP contribution in [0.25, 0.3) is 0 Å². The number of rotatable bonds is 3. The molecule has 92 valence electrons. The van der Waals surface area contributed by atoms with Crippen LogP contribution in [-0.2, 0) is 4.74 Å². The molecule has 0 aromatic heterocycles. The minimum absolute atomic E-state index is 0.135. The Morgan fingerprint density at radius 2 is 2.18 bits per heavy atom. The van der Waals surface area contributed by atoms with Crippen molar-refractivity contribution < 1.29 is 9.53 Å². The summed E-state index contributed by atoms with van der Waals surface area (Å²) in [6.45, 7) is 4.83. The molecule has 3 nitrogen and oxygen atoms in total. The Bertz CT molecular complexity index is 391. The van der Waals surface area contributed by atoms with Crippen LogP contribution in [0.1, 0.15) is 17.3 Å². The average molecular weight is 254 g/mol. The molecule has 1 unspecified atom stereocenters. The summed E-state index contributed by atoms with van der Waals surface area (Å²) in [4.78, 5) is 14.1. The van der Waals surface area contributed by atoms with E-state index in [-0.39, 0.29) is 11.9 Å². The zero-order chi connectivity index (χ0) is 12.3. The number of ether oxygens (including phenoxy) is 1. The van der Waals surface area contributed by atoms with E-state index in [1.54, 1.807) is 24.3 Å². The number of carbonyl (C=O) groups is 1. The van der Waals surface area contributed by atoms with E-state index in [1.807, 2.05) is 6.92 Å². The van der Waals surface area contributed by atoms with Gasteiger partial charge in [0.15, 0.2) is 5.78 Å². The summed E-state index contributed by atoms with van der Waals surface area (Å²) in [5.74, 6) is 0.135. The van der Waals surface area contributed by atoms with Crippen LogP contribution < -0.4 is 0 Å². The Morgan fingerprint density at radius 3 is 2.82 bits per heavy atom. The lowest BCUT2D eigenvalue weighted by Gasteiger charge is -2.30. The van der Waals surface area contributed by atoms with Gasteiger partial charge in [-0.15, -0.1) is 0 Å². The van der Waals surface area contributed by atoms with Crippen molar-refractivity contribution in [2.75, 3.05) is 26.2 Å². The first-order valence-corrected chi connectivity index (χ1v) is 6.15. The fourth-order valence-corrected chi connectivity index (χ4v) is 2.09. The molecule has 1 heterocycles. The van der Waals surface area contributed by atoms with Gasteiger partial charge in [-0.25, -0.2) is 0 Å². The van der Waals surface area contributed by atoms with E-state index in [2.05, 4.69) is 4.90 Å². The lowest BCUT2D eigenvalue weighted by atomic mass is 10.1. The molecular formula is C13H16ClNO2. The molecule has 0 aliphatic carbocycles. The monoisotopic (exact) mass is 253 g/mol. The van der Waals surface area contributed by atoms with Crippen LogP contribution in [0.4, 0.5) is 0 Å². The van der Waals surface area contributed by atoms with Crippen LogP contribution in [0.3, 0.4) is 0 Å². The van der Waals surface area contributed by atoms with Crippen LogP contribution in [0, 0.1) is 0 Å². The molecule has 1 aromatic rings. The Morgan fingerprint density at radius 1 is 1.47 bits per heavy atom. The highest BCUT2D eigenvalue weighted by Gasteiger charge is 2.19. The van der Waals surface area contributed by atoms with Gasteiger partial charge >= 0.3 is 0 Å². The summed E-state index contributed by atoms with van der Waals surface area (Å²) < 4.78 is 5.44. The van der Waals surface area contributed by atoms with Gasteiger partial charge in [0.25, 0.3) is 0 Å². The summed E-state index contributed by atoms with van der Waals surface area (Å²) in [5.41, 5.74) is 0.716. The fourth-order valence-electron chi connectivity index (χ4n) is 1.96. The molecule has 1 saturated heterocycles. The van der Waals surface area contributed by atoms with Crippen molar-refractivity contribution in [3.8, 4) is 0 Å². The van der Waals surface area contributed by atoms with E-state index < -0.39 is 0 Å². The van der Waals surface area contributed by atoms with Crippen molar-refractivity contribution in [2.24, 2.45) is 0 Å². The molecule has 0 saturated carbocycles. The van der Waals surface area contributed by atoms with E-state index in [4.69, 9.17) is 16.3 Å². The molecule has 1 atom stereocenters. The van der Waals surface area contributed by atoms with Gasteiger partial charge in [-0.1, -0.05) is 11.6 Å². The predicted molar refractivity (Wildman–Crippen MR) is 67.6 cm³/mol. The highest BCUT2D eigenvalue weighted by molar-refractivity contribution is 6.30. The molecule has 1 aromatic carbocycles. The van der Waals surface area contributed by atoms with Crippen LogP contribution >= 0.6 is 11.6 Å². The van der Waals surface area contributed by atoms with Gasteiger partial charge in [-0.3, -0.25) is 9.69 Å². The van der Waals surface area contributed by atoms with E-state index in [0.29, 0.717) is 23.7 Å². The molecule has 0 spiro atoms. The summed E-state index contributed by atoms with van der Waals surface area (Å²) in [6.07, 6.45) is 0.210. The SMILES string of the molecule is CC1CN(CC(=O)c2ccc(Cl)cc2)CCO1. The second kappa shape index (κ2) is 5.63. The maximum atomic E-state index is 12.0. The lowest BCUT2D eigenvalue weighted by molar-refractivity contribution is -0.0158. The lowest BCUT2D eigenvalue weighted by Crippen LogP contribution is -2.43. The summed E-state index contributed by atoms with van der Waals surface area (Å²) in [7, 11) is 0. The third-order valence-corrected chi connectivity index (χ3v) is 3.11. The molecule has 0 N–H and O–H groups in total. The largest absolute Gasteiger partial charge is 0.376 e. The Hall–Kier alpha value is -0.900. The third kappa shape index (κ3) is 3.53. The number of nitrogens with zero attached hydrogens (tertiary/aromatic N) is 1. The number of ketones is 1. The molecule has 1 fully saturated rings. The number of carbonyl (C=O) groups excluding carboxylic acids is 1. The Labute approximate surface area is 106 Å². The van der Waals surface area contributed by atoms with E-state index in [1.165, 1.54) is 0 Å². The maximum absolute atomic E-state index is 12.0. The first-order chi connectivity index (χ1) is 8.15. The molecule has 0 radical (unpaired) electrons. The molecule has 1 aliphatic rings. The van der Waals surface area contributed by atoms with Gasteiger partial charge in [0.1, 0.15) is 0 Å². The highest BCUT2D eigenvalue weighted by atomic mass is 35.5. The molecule has 4 heteroatoms. The van der Waals surface area contributed by atoms with Crippen LogP contribution in [0.2, 0.25) is 5.02 Å². The zero-order valence-electron chi connectivity index (χ0n) is 9.86. The van der Waals surface area contributed by atoms with Crippen molar-refractivity contribution in [3.63, 3.8) is 0 Å². The number of hydrogen-bond acceptors (Lipinski definition) is 3. The van der Waals surface area contributed by atoms with Gasteiger partial charge in [0.2, 0.25) is 0 Å². The number of Topliss-reactive ketones (excluding diaryl/α,β-unsaturated/α-hetero) is 1. The fraction of sp³-hybridized carbons (Fsp3) is 0.462. The van der Waals surface area contributed by atoms with Crippen molar-refractivity contribution in [2.45, 2.75) is 13.0 Å². The van der Waals surface area contributed by atoms with Crippen LogP contribution in [0.5, 0.6) is 0 Å². The van der Waals surface area contributed by atoms with E-state index >= 15 is 0 Å². The number of halogens is 1. The van der Waals surface area contributed by atoms with Crippen LogP contribution in [-0.4, -0.2) is 43.0 Å². The van der Waals surface area contributed by atoms with Crippen molar-refractivity contribution in [1.82, 2.24) is 4.90 Å². The molecule has 0 amide bonds. The number of benzene rings is 1. The average Bonchev–Trinajstić information content (AvgIpc) is 2.29. The van der Waals surface area contributed by atoms with Crippen molar-refractivity contribution in [1.29, 1.82) is 0 Å². The van der Waals surface area contributed by atoms with Gasteiger partial charge in [0, 0.05) is 23.7 Å². The smallest absolute Gasteiger partial charge is 0.176 e. The molecule has 1 aliphatic heterocycles. The topological polar surface area (TPSA) is 29.5 Å². The van der Waals surface area contributed by atoms with Crippen molar-refractivity contribution in [3.05, 3.63) is 34.9 Å². The number of morpholine rings is 1. The van der Waals surface area contributed by atoms with Gasteiger partial charge in [0.05, 0.1) is 19.3 Å². The molecule has 17 heavy (non-hydrogen) atoms. The minimum Gasteiger partial charge on any atom is -0.376 e. The standard InChI is InChI=1S/C13H16ClNO2/c1-10-8-15(6-7-17-10)9-13(16)11-2-4-12(14)5-3-11/h2-5,10H,6-9H2,1H3. The zero-order valence-corrected chi connectivity index (χ0v) is 10.6. The normalized spacial score (nSPS) is 21.4. The van der Waals surface area contributed by atoms with Gasteiger partial charge in [-0.05, 0) is 31.2 Å². The Kier molecular flexibility index (Phi) is 4.15. The Balaban J connectivity index is 1.94. The predicted octanol–water partition coefficient (Wildman–Crippen LogP) is 2.24. The van der Waals surface area contributed by atoms with Crippen LogP contribution in [0.15, 0.2) is 24.3 Å². The first-order valence-electron chi connectivity index (χ1n) is 5.78. The van der Waals surface area contributed by atoms with Gasteiger partial charge < -0.3 is 4.74 Å². The quantitative estimate of drug-likeness (QED) is 0.774. The first kappa shape index (κ1) is 12.6. The maximum Gasteiger partial charge on any atom is 0.176 e. The summed E-state index contributed by atoms with van der Waals surface area (Å²) >= 11 is 5.79. The third-order valence-electron chi connectivity index (χ3n) is 2.86. The molecule has 0 bridgehead atoms. The van der Waals surface area contributed by atoms with E-state index in [9.17, 15) is 4.79 Å². The minimum atomic E-state index is 0.135. The number of hydrogen-bond donors (Lipinski definition) is 0. The highest BCUT2D eigenvalue weighted by Crippen LogP contribution is 2.11. The van der Waals surface area contributed by atoms with E-state index in [0.717, 1.165) is 13.1 Å². The summed E-state index contributed by atoms with van der Waals surface area (Å²) in [6, 6.07) is 7.04. The summed E-state index contributed by atoms with van der Waals surface area (Å²) in [5, 5.41) is 0.654. The van der Waals surface area contributed by atoms with Gasteiger partial charge in [-0.2, -0.15) is 0 Å². The second-order valence-corrected chi connectivity index (χ2v) is 4.78. The van der Waals surface area contributed by atoms with Crippen molar-refractivity contribution >= 4 is 17.4 Å². The molecular weight excluding hydrogens is 238 g/mol.